The average molecular weight is 149 g/mol. The van der Waals surface area contributed by atoms with Crippen molar-refractivity contribution in [2.45, 2.75) is 0 Å². The Morgan fingerprint density at radius 2 is 2.22 bits per heavy atom. The van der Waals surface area contributed by atoms with E-state index in [1.165, 1.54) is 0 Å². The Morgan fingerprint density at radius 1 is 1.56 bits per heavy atom. The lowest BCUT2D eigenvalue weighted by atomic mass is 10.5. The molecule has 0 saturated carbocycles. The molecule has 0 bridgehead atoms. The highest BCUT2D eigenvalue weighted by Crippen LogP contribution is 1.76. The van der Waals surface area contributed by atoms with Crippen molar-refractivity contribution >= 4 is 30.4 Å². The smallest absolute Gasteiger partial charge is 0.268 e. The molecule has 1 aliphatic heterocycles. The molecule has 0 radical (unpaired) electrons. The lowest BCUT2D eigenvalue weighted by Crippen LogP contribution is -2.36. The summed E-state index contributed by atoms with van der Waals surface area (Å²) in [7, 11) is 0. The summed E-state index contributed by atoms with van der Waals surface area (Å²) in [6, 6.07) is 0. The number of carbonyl (C=O) groups is 2. The lowest BCUT2D eigenvalue weighted by Gasteiger charge is -2.00. The van der Waals surface area contributed by atoms with E-state index in [2.05, 4.69) is 10.3 Å². The van der Waals surface area contributed by atoms with Crippen LogP contribution in [0.15, 0.2) is 4.99 Å². The van der Waals surface area contributed by atoms with Gasteiger partial charge in [0.25, 0.3) is 5.91 Å². The Kier molecular flexibility index (Phi) is 2.87. The second-order valence-electron chi connectivity index (χ2n) is 1.38. The molecule has 5 heteroatoms. The quantitative estimate of drug-likeness (QED) is 0.455. The minimum Gasteiger partial charge on any atom is -0.290 e. The molecule has 1 N–H and O–H groups in total. The number of imide groups is 1. The number of amides is 2. The largest absolute Gasteiger partial charge is 0.290 e. The van der Waals surface area contributed by atoms with Gasteiger partial charge in [0.05, 0.1) is 6.21 Å². The predicted molar refractivity (Wildman–Crippen MR) is 33.8 cm³/mol. The van der Waals surface area contributed by atoms with E-state index in [1.54, 1.807) is 0 Å². The molecule has 1 heterocycles. The van der Waals surface area contributed by atoms with Gasteiger partial charge < -0.3 is 0 Å². The number of hydrogen-bond donors (Lipinski definition) is 1. The van der Waals surface area contributed by atoms with Crippen molar-refractivity contribution in [1.29, 1.82) is 0 Å². The Balaban J connectivity index is 0.000000640. The first-order chi connectivity index (χ1) is 3.79. The van der Waals surface area contributed by atoms with Crippen LogP contribution in [0, 0.1) is 0 Å². The van der Waals surface area contributed by atoms with E-state index in [0.29, 0.717) is 0 Å². The van der Waals surface area contributed by atoms with Crippen LogP contribution in [0.25, 0.3) is 0 Å². The highest BCUT2D eigenvalue weighted by molar-refractivity contribution is 6.31. The van der Waals surface area contributed by atoms with Crippen molar-refractivity contribution in [3.63, 3.8) is 0 Å². The van der Waals surface area contributed by atoms with Gasteiger partial charge >= 0.3 is 0 Å². The maximum absolute atomic E-state index is 10.2. The summed E-state index contributed by atoms with van der Waals surface area (Å²) in [6.45, 7) is 0.0751. The van der Waals surface area contributed by atoms with Crippen molar-refractivity contribution in [1.82, 2.24) is 5.32 Å². The van der Waals surface area contributed by atoms with Gasteiger partial charge in [0.15, 0.2) is 0 Å². The van der Waals surface area contributed by atoms with Gasteiger partial charge in [0, 0.05) is 0 Å². The van der Waals surface area contributed by atoms with E-state index in [4.69, 9.17) is 0 Å². The average Bonchev–Trinajstić information content (AvgIpc) is 1.64. The van der Waals surface area contributed by atoms with Crippen molar-refractivity contribution in [3.05, 3.63) is 0 Å². The van der Waals surface area contributed by atoms with Gasteiger partial charge in [0.1, 0.15) is 6.54 Å². The predicted octanol–water partition coefficient (Wildman–Crippen LogP) is -0.865. The topological polar surface area (TPSA) is 58.5 Å². The summed E-state index contributed by atoms with van der Waals surface area (Å²) in [6.07, 6.45) is 1.10. The zero-order chi connectivity index (χ0) is 5.98. The molecule has 9 heavy (non-hydrogen) atoms. The molecule has 0 fully saturated rings. The number of nitrogens with one attached hydrogen (secondary N) is 1. The molecule has 2 amide bonds. The number of aliphatic imine (C=N–C) groups is 1. The van der Waals surface area contributed by atoms with Crippen molar-refractivity contribution < 1.29 is 9.59 Å². The van der Waals surface area contributed by atoms with E-state index < -0.39 is 5.91 Å². The maximum Gasteiger partial charge on any atom is 0.268 e. The molecule has 0 spiro atoms. The molecule has 0 unspecified atom stereocenters. The summed E-state index contributed by atoms with van der Waals surface area (Å²) in [4.78, 5) is 23.9. The third kappa shape index (κ3) is 2.23. The molecule has 0 aromatic heterocycles. The Bertz CT molecular complexity index is 166. The maximum atomic E-state index is 10.2. The summed E-state index contributed by atoms with van der Waals surface area (Å²) >= 11 is 0. The monoisotopic (exact) mass is 148 g/mol. The highest BCUT2D eigenvalue weighted by Gasteiger charge is 2.07. The fourth-order valence-corrected chi connectivity index (χ4v) is 0.421. The molecule has 0 aromatic carbocycles. The van der Waals surface area contributed by atoms with Crippen LogP contribution in [0.5, 0.6) is 0 Å². The van der Waals surface area contributed by atoms with Crippen molar-refractivity contribution in [3.8, 4) is 0 Å². The molecule has 0 aliphatic carbocycles. The Labute approximate surface area is 57.7 Å². The zero-order valence-electron chi connectivity index (χ0n) is 4.46. The van der Waals surface area contributed by atoms with Gasteiger partial charge in [-0.05, 0) is 0 Å². The second kappa shape index (κ2) is 3.19. The fraction of sp³-hybridized carbons (Fsp3) is 0.250. The normalized spacial score (nSPS) is 16.4. The number of hydrogen-bond acceptors (Lipinski definition) is 3. The number of nitrogens with zero attached hydrogens (tertiary/aromatic N) is 1. The first-order valence-corrected chi connectivity index (χ1v) is 2.12. The second-order valence-corrected chi connectivity index (χ2v) is 1.38. The van der Waals surface area contributed by atoms with Gasteiger partial charge in [-0.15, -0.1) is 12.4 Å². The van der Waals surface area contributed by atoms with Crippen LogP contribution in [0.1, 0.15) is 0 Å². The van der Waals surface area contributed by atoms with E-state index in [9.17, 15) is 9.59 Å². The Morgan fingerprint density at radius 3 is 2.56 bits per heavy atom. The Hall–Kier alpha value is -0.900. The third-order valence-electron chi connectivity index (χ3n) is 0.706. The summed E-state index contributed by atoms with van der Waals surface area (Å²) in [5.74, 6) is -0.765. The van der Waals surface area contributed by atoms with Crippen LogP contribution in [0.4, 0.5) is 0 Å². The highest BCUT2D eigenvalue weighted by atomic mass is 35.5. The lowest BCUT2D eigenvalue weighted by molar-refractivity contribution is -0.126. The molecule has 0 atom stereocenters. The van der Waals surface area contributed by atoms with Crippen LogP contribution >= 0.6 is 12.4 Å². The van der Waals surface area contributed by atoms with Crippen LogP contribution in [0.2, 0.25) is 0 Å². The van der Waals surface area contributed by atoms with Gasteiger partial charge in [-0.3, -0.25) is 19.9 Å². The van der Waals surface area contributed by atoms with Crippen LogP contribution in [-0.2, 0) is 9.59 Å². The SMILES string of the molecule is Cl.O=C1C=NCC(=O)N1. The summed E-state index contributed by atoms with van der Waals surface area (Å²) in [5.41, 5.74) is 0. The zero-order valence-corrected chi connectivity index (χ0v) is 5.27. The number of halogens is 1. The van der Waals surface area contributed by atoms with E-state index in [1.807, 2.05) is 0 Å². The standard InChI is InChI=1S/C4H4N2O2.ClH/c7-3-1-5-2-4(8)6-3;/h1H,2H2,(H,6,7,8);1H. The van der Waals surface area contributed by atoms with Crippen LogP contribution < -0.4 is 5.32 Å². The van der Waals surface area contributed by atoms with E-state index in [-0.39, 0.29) is 24.9 Å². The van der Waals surface area contributed by atoms with E-state index >= 15 is 0 Å². The van der Waals surface area contributed by atoms with Crippen LogP contribution in [-0.4, -0.2) is 24.6 Å². The molecule has 50 valence electrons. The molecule has 1 rings (SSSR count). The number of rotatable bonds is 0. The first-order valence-electron chi connectivity index (χ1n) is 2.12. The third-order valence-corrected chi connectivity index (χ3v) is 0.706. The minimum atomic E-state index is -0.429. The number of carbonyl (C=O) groups excluding carboxylic acids is 2. The molecular weight excluding hydrogens is 144 g/mol. The molecular formula is C4H5ClN2O2. The van der Waals surface area contributed by atoms with Gasteiger partial charge in [-0.25, -0.2) is 0 Å². The molecule has 1 aliphatic rings. The van der Waals surface area contributed by atoms with Gasteiger partial charge in [-0.1, -0.05) is 0 Å². The summed E-state index contributed by atoms with van der Waals surface area (Å²) < 4.78 is 0. The minimum absolute atomic E-state index is 0. The fourth-order valence-electron chi connectivity index (χ4n) is 0.421. The van der Waals surface area contributed by atoms with Gasteiger partial charge in [-0.2, -0.15) is 0 Å². The molecule has 4 nitrogen and oxygen atoms in total. The van der Waals surface area contributed by atoms with Crippen molar-refractivity contribution in [2.75, 3.05) is 6.54 Å². The summed E-state index contributed by atoms with van der Waals surface area (Å²) in [5, 5.41) is 2.05. The molecule has 0 saturated heterocycles. The first kappa shape index (κ1) is 8.10. The van der Waals surface area contributed by atoms with E-state index in [0.717, 1.165) is 6.21 Å². The molecule has 0 aromatic rings. The van der Waals surface area contributed by atoms with Crippen molar-refractivity contribution in [2.24, 2.45) is 4.99 Å². The van der Waals surface area contributed by atoms with Gasteiger partial charge in [0.2, 0.25) is 5.91 Å². The van der Waals surface area contributed by atoms with Crippen LogP contribution in [0.3, 0.4) is 0 Å².